The molecule has 12 aromatic rings. The van der Waals surface area contributed by atoms with E-state index in [1.165, 1.54) is 38.1 Å². The highest BCUT2D eigenvalue weighted by Gasteiger charge is 2.41. The molecule has 0 aliphatic rings. The zero-order valence-electron chi connectivity index (χ0n) is 59.4. The topological polar surface area (TPSA) is 343 Å². The van der Waals surface area contributed by atoms with Gasteiger partial charge in [0.05, 0.1) is 84.0 Å². The van der Waals surface area contributed by atoms with Crippen molar-refractivity contribution in [3.8, 4) is 42.3 Å². The number of thiophene rings is 4. The van der Waals surface area contributed by atoms with Gasteiger partial charge in [-0.2, -0.15) is 73.1 Å². The van der Waals surface area contributed by atoms with E-state index in [1.54, 1.807) is 45.0 Å². The van der Waals surface area contributed by atoms with Crippen LogP contribution in [0.5, 0.6) is 0 Å². The molecule has 6 N–H and O–H groups in total. The minimum atomic E-state index is -4.77. The maximum atomic E-state index is 13.7. The van der Waals surface area contributed by atoms with Gasteiger partial charge in [0.15, 0.2) is 22.8 Å². The SMILES string of the molecule is CC(C)n1nc(C(F)(F)F)cc1-c1sc(C(=O)Nc2c(F)cccc2F)cc1N.CCn1nc(C(F)(F)F)cc1-c1sc(C(=O)Nc2c(F)cccc2F)cc1[N+](=O)[O-].CCn1nc(C(F)(F)F)cc1-c1sc(C(=O)Nc2ccccc2Cl)cc1[N+](=O)[O-].CCn1nc(C(F)(F)F)cc1-c1sc(C(=O)Nc2ccccc2F)cc1[N+](=O)[O-]. The first-order chi connectivity index (χ1) is 54.7. The van der Waals surface area contributed by atoms with Crippen molar-refractivity contribution >= 4 is 126 Å². The number of carbonyl (C=O) groups excluding carboxylic acids is 4. The Kier molecular flexibility index (Phi) is 27.0. The summed E-state index contributed by atoms with van der Waals surface area (Å²) < 4.78 is 229. The first-order valence-electron chi connectivity index (χ1n) is 32.7. The fourth-order valence-electron chi connectivity index (χ4n) is 10.3. The van der Waals surface area contributed by atoms with Gasteiger partial charge in [0.2, 0.25) is 0 Å². The van der Waals surface area contributed by atoms with Gasteiger partial charge >= 0.3 is 24.7 Å². The normalized spacial score (nSPS) is 11.6. The minimum absolute atomic E-state index is 0.0229. The predicted octanol–water partition coefficient (Wildman–Crippen LogP) is 20.8. The molecule has 0 bridgehead atoms. The lowest BCUT2D eigenvalue weighted by Crippen LogP contribution is -2.12. The largest absolute Gasteiger partial charge is 0.435 e. The van der Waals surface area contributed by atoms with Gasteiger partial charge in [-0.3, -0.25) is 68.2 Å². The number of halogens is 18. The van der Waals surface area contributed by atoms with E-state index in [0.717, 1.165) is 103 Å². The summed E-state index contributed by atoms with van der Waals surface area (Å²) in [6.07, 6.45) is -18.9. The predicted molar refractivity (Wildman–Crippen MR) is 396 cm³/mol. The van der Waals surface area contributed by atoms with Crippen LogP contribution in [0.15, 0.2) is 133 Å². The average Bonchev–Trinajstić information content (AvgIpc) is 1.64. The van der Waals surface area contributed by atoms with Gasteiger partial charge in [0, 0.05) is 43.9 Å². The molecule has 4 aromatic carbocycles. The molecule has 616 valence electrons. The van der Waals surface area contributed by atoms with Gasteiger partial charge in [0.1, 0.15) is 55.1 Å². The van der Waals surface area contributed by atoms with E-state index in [9.17, 15) is 124 Å². The Morgan fingerprint density at radius 2 is 0.709 bits per heavy atom. The number of hydrogen-bond donors (Lipinski definition) is 5. The smallest absolute Gasteiger partial charge is 0.397 e. The third-order valence-corrected chi connectivity index (χ3v) is 20.5. The van der Waals surface area contributed by atoms with Crippen molar-refractivity contribution in [2.24, 2.45) is 0 Å². The summed E-state index contributed by atoms with van der Waals surface area (Å²) in [7, 11) is 0. The number of amides is 4. The highest BCUT2D eigenvalue weighted by Crippen LogP contribution is 2.46. The molecule has 0 aliphatic heterocycles. The van der Waals surface area contributed by atoms with Crippen molar-refractivity contribution in [3.63, 3.8) is 0 Å². The van der Waals surface area contributed by atoms with Crippen LogP contribution in [0.3, 0.4) is 0 Å². The van der Waals surface area contributed by atoms with Gasteiger partial charge in [0.25, 0.3) is 40.7 Å². The number of nitrogens with one attached hydrogen (secondary N) is 4. The molecule has 26 nitrogen and oxygen atoms in total. The van der Waals surface area contributed by atoms with Crippen molar-refractivity contribution < 1.29 is 109 Å². The van der Waals surface area contributed by atoms with Crippen molar-refractivity contribution in [1.29, 1.82) is 0 Å². The Morgan fingerprint density at radius 3 is 1.03 bits per heavy atom. The summed E-state index contributed by atoms with van der Waals surface area (Å²) in [5, 5.41) is 57.4. The summed E-state index contributed by atoms with van der Waals surface area (Å²) in [6.45, 7) is 7.93. The molecule has 0 spiro atoms. The minimum Gasteiger partial charge on any atom is -0.397 e. The van der Waals surface area contributed by atoms with Crippen molar-refractivity contribution in [2.45, 2.75) is 85.0 Å². The fourth-order valence-corrected chi connectivity index (χ4v) is 14.6. The number of nitrogens with zero attached hydrogens (tertiary/aromatic N) is 11. The van der Waals surface area contributed by atoms with E-state index < -0.39 is 149 Å². The van der Waals surface area contributed by atoms with E-state index in [4.69, 9.17) is 17.3 Å². The van der Waals surface area contributed by atoms with Gasteiger partial charge in [-0.05, 0) is 113 Å². The van der Waals surface area contributed by atoms with Gasteiger partial charge in [-0.25, -0.2) is 22.0 Å². The number of anilines is 5. The molecule has 8 heterocycles. The quantitative estimate of drug-likeness (QED) is 0.0285. The van der Waals surface area contributed by atoms with Gasteiger partial charge in [-0.1, -0.05) is 48.0 Å². The number of nitrogens with two attached hydrogens (primary N) is 1. The van der Waals surface area contributed by atoms with Crippen LogP contribution in [-0.4, -0.2) is 77.5 Å². The molecule has 48 heteroatoms. The molecule has 4 amide bonds. The van der Waals surface area contributed by atoms with E-state index >= 15 is 0 Å². The number of alkyl halides is 12. The molecule has 0 saturated carbocycles. The van der Waals surface area contributed by atoms with E-state index in [2.05, 4.69) is 36.3 Å². The zero-order chi connectivity index (χ0) is 86.4. The molecule has 0 radical (unpaired) electrons. The Morgan fingerprint density at radius 1 is 0.419 bits per heavy atom. The molecule has 0 unspecified atom stereocenters. The number of hydrogen-bond acceptors (Lipinski definition) is 19. The summed E-state index contributed by atoms with van der Waals surface area (Å²) >= 11 is 8.62. The third-order valence-electron chi connectivity index (χ3n) is 15.6. The van der Waals surface area contributed by atoms with Gasteiger partial charge < -0.3 is 27.0 Å². The Balaban J connectivity index is 0.000000178. The lowest BCUT2D eigenvalue weighted by molar-refractivity contribution is -0.383. The maximum absolute atomic E-state index is 13.7. The molecule has 0 atom stereocenters. The van der Waals surface area contributed by atoms with E-state index in [-0.39, 0.29) is 97.8 Å². The molecular weight excluding hydrogens is 1700 g/mol. The summed E-state index contributed by atoms with van der Waals surface area (Å²) in [5.41, 5.74) is -1.97. The van der Waals surface area contributed by atoms with Gasteiger partial charge in [-0.15, -0.1) is 45.3 Å². The first kappa shape index (κ1) is 88.4. The second-order valence-corrected chi connectivity index (χ2v) is 28.4. The lowest BCUT2D eigenvalue weighted by Gasteiger charge is -2.10. The van der Waals surface area contributed by atoms with Crippen LogP contribution >= 0.6 is 56.9 Å². The Labute approximate surface area is 665 Å². The summed E-state index contributed by atoms with van der Waals surface area (Å²) in [5.74, 6) is -8.15. The van der Waals surface area contributed by atoms with Crippen molar-refractivity contribution in [2.75, 3.05) is 27.0 Å². The second kappa shape index (κ2) is 35.7. The maximum Gasteiger partial charge on any atom is 0.435 e. The number of aromatic nitrogens is 8. The van der Waals surface area contributed by atoms with Crippen LogP contribution in [0.1, 0.15) is 102 Å². The number of rotatable bonds is 19. The third kappa shape index (κ3) is 20.6. The van der Waals surface area contributed by atoms with Crippen LogP contribution in [-0.2, 0) is 44.3 Å². The van der Waals surface area contributed by atoms with Crippen molar-refractivity contribution in [3.05, 3.63) is 240 Å². The number of aryl methyl sites for hydroxylation is 3. The summed E-state index contributed by atoms with van der Waals surface area (Å²) in [6, 6.07) is 24.3. The monoisotopic (exact) mass is 1750 g/mol. The number of para-hydroxylation sites is 4. The lowest BCUT2D eigenvalue weighted by atomic mass is 10.2. The van der Waals surface area contributed by atoms with E-state index in [0.29, 0.717) is 51.8 Å². The number of benzene rings is 4. The van der Waals surface area contributed by atoms with E-state index in [1.807, 2.05) is 5.32 Å². The fraction of sp³-hybridized carbons (Fsp3) is 0.188. The van der Waals surface area contributed by atoms with Crippen LogP contribution in [0.2, 0.25) is 5.02 Å². The second-order valence-electron chi connectivity index (χ2n) is 23.7. The molecule has 117 heavy (non-hydrogen) atoms. The number of nitrogen functional groups attached to an aromatic ring is 1. The number of nitro groups is 3. The average molecular weight is 1750 g/mol. The summed E-state index contributed by atoms with van der Waals surface area (Å²) in [4.78, 5) is 80.7. The Bertz CT molecular complexity index is 5570. The van der Waals surface area contributed by atoms with Crippen LogP contribution in [0, 0.1) is 59.4 Å². The first-order valence-corrected chi connectivity index (χ1v) is 36.4. The highest BCUT2D eigenvalue weighted by atomic mass is 35.5. The zero-order valence-corrected chi connectivity index (χ0v) is 63.4. The molecule has 12 rings (SSSR count). The molecule has 8 aromatic heterocycles. The molecule has 0 fully saturated rings. The molecular formula is C69H50ClF17N16O10S4. The van der Waals surface area contributed by atoms with Crippen LogP contribution in [0.25, 0.3) is 42.3 Å². The van der Waals surface area contributed by atoms with Crippen molar-refractivity contribution in [1.82, 2.24) is 39.1 Å². The van der Waals surface area contributed by atoms with Crippen LogP contribution in [0.4, 0.5) is 120 Å². The Hall–Kier alpha value is -12.5. The standard InChI is InChI=1S/C18H15F5N4OS.C17H12ClF3N4O3S.C17H11F5N4O3S.C17H12F4N4O3S/c1-8(2)27-12(7-14(26-27)18(21,22)23)16-11(24)6-13(29-16)17(28)25-15-9(19)4-3-5-10(15)20;1-2-24-11(8-14(23-24)17(19,20)21)15-12(25(27)28)7-13(29-15)16(26)22-10-6-4-3-5-9(10)18;1-2-25-10(7-13(24-25)17(20,21)22)15-11(26(28)29)6-12(30-15)16(27)23-14-8(18)4-3-5-9(14)19;1-2-24-11(8-14(23-24)17(19,20)21)15-12(25(27)28)7-13(29-15)16(26)22-10-6-4-3-5-9(10)18/h3-8H,24H2,1-2H3,(H,25,28);3-8H,2H2,1H3,(H,22,26);3-7H,2H2,1H3,(H,23,27);3-8H,2H2,1H3,(H,22,26). The molecule has 0 aliphatic carbocycles. The number of carbonyl (C=O) groups is 4. The molecule has 0 saturated heterocycles. The highest BCUT2D eigenvalue weighted by molar-refractivity contribution is 7.19. The van der Waals surface area contributed by atoms with Crippen LogP contribution < -0.4 is 27.0 Å².